The molecule has 26 heavy (non-hydrogen) atoms. The number of ether oxygens (including phenoxy) is 2. The maximum absolute atomic E-state index is 12.3. The third kappa shape index (κ3) is 4.50. The Morgan fingerprint density at radius 1 is 1.12 bits per heavy atom. The van der Waals surface area contributed by atoms with Crippen molar-refractivity contribution in [3.63, 3.8) is 0 Å². The Bertz CT molecular complexity index is 930. The van der Waals surface area contributed by atoms with E-state index in [1.807, 2.05) is 36.4 Å². The van der Waals surface area contributed by atoms with Gasteiger partial charge in [-0.15, -0.1) is 10.2 Å². The highest BCUT2D eigenvalue weighted by Crippen LogP contribution is 2.29. The largest absolute Gasteiger partial charge is 0.493 e. The van der Waals surface area contributed by atoms with Gasteiger partial charge in [0.05, 0.1) is 14.2 Å². The van der Waals surface area contributed by atoms with E-state index in [0.717, 1.165) is 14.1 Å². The molecule has 0 spiro atoms. The summed E-state index contributed by atoms with van der Waals surface area (Å²) in [6.07, 6.45) is 0.594. The van der Waals surface area contributed by atoms with Gasteiger partial charge in [-0.25, -0.2) is 0 Å². The Morgan fingerprint density at radius 3 is 2.65 bits per heavy atom. The van der Waals surface area contributed by atoms with E-state index < -0.39 is 0 Å². The molecule has 0 radical (unpaired) electrons. The van der Waals surface area contributed by atoms with Crippen molar-refractivity contribution in [1.29, 1.82) is 0 Å². The average molecular weight is 481 g/mol. The van der Waals surface area contributed by atoms with Gasteiger partial charge in [0.2, 0.25) is 5.13 Å². The maximum atomic E-state index is 12.3. The Balaban J connectivity index is 1.69. The summed E-state index contributed by atoms with van der Waals surface area (Å²) in [6.45, 7) is 0. The molecule has 8 heteroatoms. The summed E-state index contributed by atoms with van der Waals surface area (Å²) in [5, 5.41) is 12.3. The summed E-state index contributed by atoms with van der Waals surface area (Å²) in [5.74, 6) is 1.15. The lowest BCUT2D eigenvalue weighted by atomic mass is 10.1. The second-order valence-electron chi connectivity index (χ2n) is 5.33. The van der Waals surface area contributed by atoms with Crippen molar-refractivity contribution in [2.75, 3.05) is 19.5 Å². The Morgan fingerprint density at radius 2 is 1.92 bits per heavy atom. The fourth-order valence-corrected chi connectivity index (χ4v) is 3.65. The summed E-state index contributed by atoms with van der Waals surface area (Å²) >= 11 is 3.52. The highest BCUT2D eigenvalue weighted by atomic mass is 127. The monoisotopic (exact) mass is 481 g/mol. The molecule has 0 saturated carbocycles. The fourth-order valence-electron chi connectivity index (χ4n) is 2.34. The molecule has 0 bridgehead atoms. The van der Waals surface area contributed by atoms with E-state index >= 15 is 0 Å². The van der Waals surface area contributed by atoms with Crippen LogP contribution in [0.4, 0.5) is 5.13 Å². The molecule has 1 amide bonds. The maximum Gasteiger partial charge on any atom is 0.257 e. The SMILES string of the molecule is COc1ccc(Cc2nnc(NC(=O)c3cccc(I)c3)s2)cc1OC. The number of hydrogen-bond donors (Lipinski definition) is 1. The lowest BCUT2D eigenvalue weighted by Crippen LogP contribution is -2.11. The molecule has 0 aliphatic rings. The van der Waals surface area contributed by atoms with Gasteiger partial charge >= 0.3 is 0 Å². The van der Waals surface area contributed by atoms with Gasteiger partial charge in [0.25, 0.3) is 5.91 Å². The lowest BCUT2D eigenvalue weighted by molar-refractivity contribution is 0.102. The standard InChI is InChI=1S/C18H16IN3O3S/c1-24-14-7-6-11(8-15(14)25-2)9-16-21-22-18(26-16)20-17(23)12-4-3-5-13(19)10-12/h3-8,10H,9H2,1-2H3,(H,20,22,23). The van der Waals surface area contributed by atoms with E-state index in [4.69, 9.17) is 9.47 Å². The zero-order chi connectivity index (χ0) is 18.5. The number of carbonyl (C=O) groups is 1. The minimum atomic E-state index is -0.197. The zero-order valence-electron chi connectivity index (χ0n) is 14.2. The summed E-state index contributed by atoms with van der Waals surface area (Å²) in [7, 11) is 3.20. The van der Waals surface area contributed by atoms with Gasteiger partial charge in [0, 0.05) is 15.6 Å². The number of methoxy groups -OCH3 is 2. The minimum absolute atomic E-state index is 0.197. The van der Waals surface area contributed by atoms with Crippen LogP contribution < -0.4 is 14.8 Å². The van der Waals surface area contributed by atoms with Crippen LogP contribution in [0.3, 0.4) is 0 Å². The van der Waals surface area contributed by atoms with Crippen LogP contribution in [0.25, 0.3) is 0 Å². The van der Waals surface area contributed by atoms with Crippen molar-refractivity contribution in [2.45, 2.75) is 6.42 Å². The molecule has 0 aliphatic heterocycles. The average Bonchev–Trinajstić information content (AvgIpc) is 3.08. The third-order valence-electron chi connectivity index (χ3n) is 3.58. The molecule has 6 nitrogen and oxygen atoms in total. The number of amides is 1. The first-order chi connectivity index (χ1) is 12.6. The van der Waals surface area contributed by atoms with E-state index in [0.29, 0.717) is 28.6 Å². The van der Waals surface area contributed by atoms with Crippen molar-refractivity contribution < 1.29 is 14.3 Å². The predicted octanol–water partition coefficient (Wildman–Crippen LogP) is 4.00. The Hall–Kier alpha value is -2.20. The van der Waals surface area contributed by atoms with Crippen LogP contribution in [0.2, 0.25) is 0 Å². The molecule has 1 N–H and O–H groups in total. The van der Waals surface area contributed by atoms with Crippen molar-refractivity contribution in [2.24, 2.45) is 0 Å². The van der Waals surface area contributed by atoms with Crippen LogP contribution in [0.5, 0.6) is 11.5 Å². The van der Waals surface area contributed by atoms with Gasteiger partial charge in [0.15, 0.2) is 11.5 Å². The summed E-state index contributed by atoms with van der Waals surface area (Å²) in [4.78, 5) is 12.3. The van der Waals surface area contributed by atoms with Crippen LogP contribution >= 0.6 is 33.9 Å². The van der Waals surface area contributed by atoms with Crippen molar-refractivity contribution in [3.05, 3.63) is 62.2 Å². The summed E-state index contributed by atoms with van der Waals surface area (Å²) in [5.41, 5.74) is 1.61. The Labute approximate surface area is 168 Å². The molecular formula is C18H16IN3O3S. The molecule has 0 atom stereocenters. The van der Waals surface area contributed by atoms with Crippen LogP contribution in [-0.2, 0) is 6.42 Å². The second-order valence-corrected chi connectivity index (χ2v) is 7.64. The minimum Gasteiger partial charge on any atom is -0.493 e. The number of aromatic nitrogens is 2. The topological polar surface area (TPSA) is 73.3 Å². The van der Waals surface area contributed by atoms with E-state index in [-0.39, 0.29) is 5.91 Å². The van der Waals surface area contributed by atoms with E-state index in [1.165, 1.54) is 11.3 Å². The predicted molar refractivity (Wildman–Crippen MR) is 109 cm³/mol. The van der Waals surface area contributed by atoms with Crippen LogP contribution in [0.15, 0.2) is 42.5 Å². The molecule has 3 rings (SSSR count). The molecule has 134 valence electrons. The van der Waals surface area contributed by atoms with Gasteiger partial charge in [-0.3, -0.25) is 10.1 Å². The number of anilines is 1. The smallest absolute Gasteiger partial charge is 0.257 e. The van der Waals surface area contributed by atoms with Crippen LogP contribution in [-0.4, -0.2) is 30.3 Å². The molecule has 0 saturated heterocycles. The van der Waals surface area contributed by atoms with Crippen molar-refractivity contribution in [1.82, 2.24) is 10.2 Å². The molecule has 0 aliphatic carbocycles. The van der Waals surface area contributed by atoms with Gasteiger partial charge in [-0.1, -0.05) is 23.5 Å². The quantitative estimate of drug-likeness (QED) is 0.539. The third-order valence-corrected chi connectivity index (χ3v) is 5.09. The highest BCUT2D eigenvalue weighted by molar-refractivity contribution is 14.1. The number of benzene rings is 2. The molecule has 0 unspecified atom stereocenters. The van der Waals surface area contributed by atoms with Gasteiger partial charge in [0.1, 0.15) is 5.01 Å². The molecule has 3 aromatic rings. The number of halogens is 1. The molecule has 1 aromatic heterocycles. The molecular weight excluding hydrogens is 465 g/mol. The normalized spacial score (nSPS) is 10.4. The Kier molecular flexibility index (Phi) is 6.04. The van der Waals surface area contributed by atoms with Crippen LogP contribution in [0, 0.1) is 3.57 Å². The van der Waals surface area contributed by atoms with Gasteiger partial charge < -0.3 is 9.47 Å². The molecule has 0 fully saturated rings. The highest BCUT2D eigenvalue weighted by Gasteiger charge is 2.12. The summed E-state index contributed by atoms with van der Waals surface area (Å²) < 4.78 is 11.6. The second kappa shape index (κ2) is 8.45. The van der Waals surface area contributed by atoms with Gasteiger partial charge in [-0.05, 0) is 58.5 Å². The van der Waals surface area contributed by atoms with Crippen molar-refractivity contribution >= 4 is 45.0 Å². The number of nitrogens with zero attached hydrogens (tertiary/aromatic N) is 2. The number of carbonyl (C=O) groups excluding carboxylic acids is 1. The number of rotatable bonds is 6. The lowest BCUT2D eigenvalue weighted by Gasteiger charge is -2.08. The van der Waals surface area contributed by atoms with Crippen LogP contribution in [0.1, 0.15) is 20.9 Å². The fraction of sp³-hybridized carbons (Fsp3) is 0.167. The first-order valence-electron chi connectivity index (χ1n) is 7.69. The zero-order valence-corrected chi connectivity index (χ0v) is 17.1. The van der Waals surface area contributed by atoms with E-state index in [2.05, 4.69) is 38.1 Å². The van der Waals surface area contributed by atoms with Gasteiger partial charge in [-0.2, -0.15) is 0 Å². The van der Waals surface area contributed by atoms with Crippen molar-refractivity contribution in [3.8, 4) is 11.5 Å². The number of nitrogens with one attached hydrogen (secondary N) is 1. The number of hydrogen-bond acceptors (Lipinski definition) is 6. The molecule has 2 aromatic carbocycles. The van der Waals surface area contributed by atoms with E-state index in [1.54, 1.807) is 20.3 Å². The first-order valence-corrected chi connectivity index (χ1v) is 9.59. The summed E-state index contributed by atoms with van der Waals surface area (Å²) in [6, 6.07) is 13.1. The molecule has 1 heterocycles. The van der Waals surface area contributed by atoms with E-state index in [9.17, 15) is 4.79 Å². The first kappa shape index (κ1) is 18.6.